The van der Waals surface area contributed by atoms with Crippen LogP contribution in [0.4, 0.5) is 0 Å². The number of sulfonamides is 1. The molecule has 0 aliphatic heterocycles. The summed E-state index contributed by atoms with van der Waals surface area (Å²) in [4.78, 5) is 2.30. The van der Waals surface area contributed by atoms with Gasteiger partial charge < -0.3 is 4.90 Å². The fourth-order valence-electron chi connectivity index (χ4n) is 1.98. The van der Waals surface area contributed by atoms with E-state index in [2.05, 4.69) is 5.10 Å². The highest BCUT2D eigenvalue weighted by molar-refractivity contribution is 7.89. The Morgan fingerprint density at radius 2 is 2.00 bits per heavy atom. The molecule has 0 radical (unpaired) electrons. The molecule has 1 aromatic heterocycles. The van der Waals surface area contributed by atoms with Crippen LogP contribution in [0.3, 0.4) is 0 Å². The van der Waals surface area contributed by atoms with Gasteiger partial charge in [0, 0.05) is 31.7 Å². The predicted octanol–water partition coefficient (Wildman–Crippen LogP) is 1.47. The Morgan fingerprint density at radius 3 is 2.57 bits per heavy atom. The summed E-state index contributed by atoms with van der Waals surface area (Å²) in [7, 11) is 0.501. The molecule has 1 rings (SSSR count). The Labute approximate surface area is 132 Å². The average molecular weight is 337 g/mol. The van der Waals surface area contributed by atoms with E-state index in [-0.39, 0.29) is 4.90 Å². The van der Waals surface area contributed by atoms with Gasteiger partial charge in [-0.2, -0.15) is 9.40 Å². The minimum absolute atomic E-state index is 0.253. The van der Waals surface area contributed by atoms with E-state index in [1.54, 1.807) is 10.9 Å². The fourth-order valence-corrected chi connectivity index (χ4v) is 3.54. The van der Waals surface area contributed by atoms with E-state index >= 15 is 0 Å². The van der Waals surface area contributed by atoms with Crippen LogP contribution in [-0.2, 0) is 16.6 Å². The van der Waals surface area contributed by atoms with Crippen LogP contribution in [-0.4, -0.2) is 67.0 Å². The monoisotopic (exact) mass is 336 g/mol. The summed E-state index contributed by atoms with van der Waals surface area (Å²) in [6, 6.07) is 0. The van der Waals surface area contributed by atoms with Gasteiger partial charge >= 0.3 is 0 Å². The molecule has 0 amide bonds. The normalized spacial score (nSPS) is 12.5. The van der Waals surface area contributed by atoms with Crippen LogP contribution in [0.1, 0.15) is 19.8 Å². The van der Waals surface area contributed by atoms with Crippen molar-refractivity contribution in [1.29, 1.82) is 0 Å². The van der Waals surface area contributed by atoms with Crippen molar-refractivity contribution in [2.75, 3.05) is 39.6 Å². The van der Waals surface area contributed by atoms with Gasteiger partial charge in [-0.15, -0.1) is 11.6 Å². The van der Waals surface area contributed by atoms with Crippen LogP contribution in [0.25, 0.3) is 0 Å². The molecule has 0 aliphatic rings. The third-order valence-electron chi connectivity index (χ3n) is 3.13. The maximum absolute atomic E-state index is 12.6. The Hall–Kier alpha value is -0.630. The standard InChI is InChI=1S/C13H25ClN4O2S/c1-4-18(10-6-8-16(2)3)21(19,20)13-11-15-17(12-13)9-5-7-14/h11-12H,4-10H2,1-3H3. The Morgan fingerprint density at radius 1 is 1.29 bits per heavy atom. The molecule has 21 heavy (non-hydrogen) atoms. The molecule has 122 valence electrons. The average Bonchev–Trinajstić information content (AvgIpc) is 2.90. The maximum atomic E-state index is 12.6. The van der Waals surface area contributed by atoms with Crippen LogP contribution in [0, 0.1) is 0 Å². The van der Waals surface area contributed by atoms with Gasteiger partial charge in [0.15, 0.2) is 0 Å². The molecule has 0 saturated heterocycles. The molecule has 0 spiro atoms. The van der Waals surface area contributed by atoms with Gasteiger partial charge in [0.1, 0.15) is 4.90 Å². The first-order chi connectivity index (χ1) is 9.91. The van der Waals surface area contributed by atoms with Gasteiger partial charge in [-0.25, -0.2) is 8.42 Å². The van der Waals surface area contributed by atoms with Crippen molar-refractivity contribution in [3.8, 4) is 0 Å². The van der Waals surface area contributed by atoms with E-state index in [4.69, 9.17) is 11.6 Å². The second-order valence-corrected chi connectivity index (χ2v) is 7.45. The van der Waals surface area contributed by atoms with Gasteiger partial charge in [-0.1, -0.05) is 6.92 Å². The van der Waals surface area contributed by atoms with Gasteiger partial charge in [-0.3, -0.25) is 4.68 Å². The second kappa shape index (κ2) is 8.73. The number of hydrogen-bond donors (Lipinski definition) is 0. The summed E-state index contributed by atoms with van der Waals surface area (Å²) in [5.74, 6) is 0.535. The lowest BCUT2D eigenvalue weighted by molar-refractivity contribution is 0.356. The van der Waals surface area contributed by atoms with Crippen LogP contribution < -0.4 is 0 Å². The lowest BCUT2D eigenvalue weighted by Gasteiger charge is -2.20. The summed E-state index contributed by atoms with van der Waals surface area (Å²) >= 11 is 5.63. The summed E-state index contributed by atoms with van der Waals surface area (Å²) in [5.41, 5.74) is 0. The highest BCUT2D eigenvalue weighted by Gasteiger charge is 2.24. The number of hydrogen-bond acceptors (Lipinski definition) is 4. The minimum Gasteiger partial charge on any atom is -0.309 e. The van der Waals surface area contributed by atoms with Crippen LogP contribution in [0.5, 0.6) is 0 Å². The highest BCUT2D eigenvalue weighted by Crippen LogP contribution is 2.15. The van der Waals surface area contributed by atoms with Crippen molar-refractivity contribution in [2.45, 2.75) is 31.2 Å². The van der Waals surface area contributed by atoms with Gasteiger partial charge in [-0.05, 0) is 33.5 Å². The van der Waals surface area contributed by atoms with E-state index < -0.39 is 10.0 Å². The van der Waals surface area contributed by atoms with Crippen molar-refractivity contribution >= 4 is 21.6 Å². The van der Waals surface area contributed by atoms with Crippen LogP contribution >= 0.6 is 11.6 Å². The predicted molar refractivity (Wildman–Crippen MR) is 85.2 cm³/mol. The van der Waals surface area contributed by atoms with Crippen molar-refractivity contribution in [2.24, 2.45) is 0 Å². The zero-order valence-electron chi connectivity index (χ0n) is 13.0. The van der Waals surface area contributed by atoms with E-state index in [9.17, 15) is 8.42 Å². The molecule has 1 aromatic rings. The number of halogens is 1. The van der Waals surface area contributed by atoms with Gasteiger partial charge in [0.2, 0.25) is 10.0 Å². The van der Waals surface area contributed by atoms with E-state index in [0.29, 0.717) is 25.5 Å². The molecule has 0 aromatic carbocycles. The SMILES string of the molecule is CCN(CCCN(C)C)S(=O)(=O)c1cnn(CCCCl)c1. The molecular weight excluding hydrogens is 312 g/mol. The third kappa shape index (κ3) is 5.58. The summed E-state index contributed by atoms with van der Waals surface area (Å²) in [6.45, 7) is 4.32. The van der Waals surface area contributed by atoms with E-state index in [1.165, 1.54) is 10.5 Å². The molecule has 0 aliphatic carbocycles. The maximum Gasteiger partial charge on any atom is 0.246 e. The first-order valence-electron chi connectivity index (χ1n) is 7.15. The number of aryl methyl sites for hydroxylation is 1. The largest absolute Gasteiger partial charge is 0.309 e. The van der Waals surface area contributed by atoms with Crippen LogP contribution in [0.2, 0.25) is 0 Å². The smallest absolute Gasteiger partial charge is 0.246 e. The molecule has 0 N–H and O–H groups in total. The molecule has 8 heteroatoms. The molecular formula is C13H25ClN4O2S. The van der Waals surface area contributed by atoms with Crippen molar-refractivity contribution in [3.05, 3.63) is 12.4 Å². The Balaban J connectivity index is 2.74. The molecule has 0 unspecified atom stereocenters. The number of alkyl halides is 1. The highest BCUT2D eigenvalue weighted by atomic mass is 35.5. The fraction of sp³-hybridized carbons (Fsp3) is 0.769. The number of rotatable bonds is 10. The number of nitrogens with zero attached hydrogens (tertiary/aromatic N) is 4. The first-order valence-corrected chi connectivity index (χ1v) is 9.12. The van der Waals surface area contributed by atoms with Gasteiger partial charge in [0.05, 0.1) is 6.20 Å². The lowest BCUT2D eigenvalue weighted by atomic mass is 10.4. The summed E-state index contributed by atoms with van der Waals surface area (Å²) < 4.78 is 28.2. The van der Waals surface area contributed by atoms with Gasteiger partial charge in [0.25, 0.3) is 0 Å². The van der Waals surface area contributed by atoms with E-state index in [1.807, 2.05) is 25.9 Å². The quantitative estimate of drug-likeness (QED) is 0.607. The molecule has 0 saturated carbocycles. The summed E-state index contributed by atoms with van der Waals surface area (Å²) in [6.07, 6.45) is 4.57. The lowest BCUT2D eigenvalue weighted by Crippen LogP contribution is -2.33. The zero-order chi connectivity index (χ0) is 15.9. The molecule has 0 bridgehead atoms. The van der Waals surface area contributed by atoms with Crippen LogP contribution in [0.15, 0.2) is 17.3 Å². The van der Waals surface area contributed by atoms with Crippen molar-refractivity contribution in [3.63, 3.8) is 0 Å². The first kappa shape index (κ1) is 18.4. The van der Waals surface area contributed by atoms with Crippen molar-refractivity contribution < 1.29 is 8.42 Å². The molecule has 0 atom stereocenters. The minimum atomic E-state index is -3.45. The summed E-state index contributed by atoms with van der Waals surface area (Å²) in [5, 5.41) is 4.09. The van der Waals surface area contributed by atoms with E-state index in [0.717, 1.165) is 19.4 Å². The topological polar surface area (TPSA) is 58.4 Å². The molecule has 0 fully saturated rings. The second-order valence-electron chi connectivity index (χ2n) is 5.14. The molecule has 1 heterocycles. The Kier molecular flexibility index (Phi) is 7.65. The third-order valence-corrected chi connectivity index (χ3v) is 5.33. The number of aromatic nitrogens is 2. The van der Waals surface area contributed by atoms with Crippen molar-refractivity contribution in [1.82, 2.24) is 19.0 Å². The molecule has 6 nitrogen and oxygen atoms in total. The Bertz CT molecular complexity index is 516. The zero-order valence-corrected chi connectivity index (χ0v) is 14.6.